The summed E-state index contributed by atoms with van der Waals surface area (Å²) < 4.78 is 20.1. The summed E-state index contributed by atoms with van der Waals surface area (Å²) in [6.45, 7) is 18.3. The summed E-state index contributed by atoms with van der Waals surface area (Å²) >= 11 is 0. The van der Waals surface area contributed by atoms with Crippen molar-refractivity contribution in [3.8, 4) is 78.6 Å². The van der Waals surface area contributed by atoms with Crippen LogP contribution in [0, 0.1) is 6.92 Å². The van der Waals surface area contributed by atoms with Gasteiger partial charge in [-0.05, 0) is 152 Å². The first-order chi connectivity index (χ1) is 31.9. The molecular formula is C61H59N3O. The van der Waals surface area contributed by atoms with Crippen molar-refractivity contribution in [2.24, 2.45) is 0 Å². The van der Waals surface area contributed by atoms with E-state index < -0.39 is 11.8 Å². The first kappa shape index (κ1) is 40.7. The van der Waals surface area contributed by atoms with Crippen molar-refractivity contribution < 1.29 is 7.85 Å². The van der Waals surface area contributed by atoms with E-state index in [0.29, 0.717) is 11.4 Å². The fourth-order valence-electron chi connectivity index (χ4n) is 8.97. The zero-order chi connectivity index (χ0) is 47.4. The zero-order valence-electron chi connectivity index (χ0n) is 41.0. The van der Waals surface area contributed by atoms with E-state index in [1.807, 2.05) is 52.1 Å². The Bertz CT molecular complexity index is 3250. The van der Waals surface area contributed by atoms with Gasteiger partial charge >= 0.3 is 0 Å². The molecule has 4 heteroatoms. The third-order valence-electron chi connectivity index (χ3n) is 12.7. The molecule has 0 spiro atoms. The predicted octanol–water partition coefficient (Wildman–Crippen LogP) is 16.9. The highest BCUT2D eigenvalue weighted by Gasteiger charge is 2.25. The van der Waals surface area contributed by atoms with Crippen LogP contribution in [0.1, 0.15) is 110 Å². The average molecular weight is 852 g/mol. The van der Waals surface area contributed by atoms with Crippen LogP contribution in [0.2, 0.25) is 0 Å². The van der Waals surface area contributed by atoms with Crippen LogP contribution in [0.5, 0.6) is 5.75 Å². The molecule has 0 unspecified atom stereocenters. The minimum absolute atomic E-state index is 0.0862. The molecule has 0 aliphatic heterocycles. The van der Waals surface area contributed by atoms with Gasteiger partial charge in [0.25, 0.3) is 0 Å². The fourth-order valence-corrected chi connectivity index (χ4v) is 8.97. The molecule has 0 aliphatic rings. The molecule has 2 aromatic heterocycles. The number of hydrogen-bond donors (Lipinski definition) is 1. The average Bonchev–Trinajstić information content (AvgIpc) is 3.70. The Morgan fingerprint density at radius 3 is 1.74 bits per heavy atom. The van der Waals surface area contributed by atoms with E-state index >= 15 is 0 Å². The highest BCUT2D eigenvalue weighted by atomic mass is 16.3. The van der Waals surface area contributed by atoms with E-state index in [0.717, 1.165) is 100 Å². The molecule has 65 heavy (non-hydrogen) atoms. The van der Waals surface area contributed by atoms with Gasteiger partial charge in [-0.3, -0.25) is 9.55 Å². The molecule has 7 aromatic carbocycles. The molecule has 0 saturated heterocycles. The summed E-state index contributed by atoms with van der Waals surface area (Å²) in [5, 5.41) is 12.3. The third kappa shape index (κ3) is 8.54. The summed E-state index contributed by atoms with van der Waals surface area (Å²) in [6, 6.07) is 55.1. The molecule has 0 saturated carbocycles. The lowest BCUT2D eigenvalue weighted by molar-refractivity contribution is 0.466. The molecule has 4 nitrogen and oxygen atoms in total. The normalized spacial score (nSPS) is 12.5. The molecule has 324 valence electrons. The molecule has 0 aliphatic carbocycles. The minimum atomic E-state index is -0.835. The van der Waals surface area contributed by atoms with E-state index in [-0.39, 0.29) is 17.6 Å². The summed E-state index contributed by atoms with van der Waals surface area (Å²) in [5.41, 5.74) is 18.4. The van der Waals surface area contributed by atoms with Gasteiger partial charge in [-0.2, -0.15) is 0 Å². The second-order valence-corrected chi connectivity index (χ2v) is 18.5. The Labute approximate surface area is 388 Å². The van der Waals surface area contributed by atoms with Crippen molar-refractivity contribution in [3.05, 3.63) is 192 Å². The number of aryl methyl sites for hydroxylation is 1. The van der Waals surface area contributed by atoms with Crippen molar-refractivity contribution in [2.45, 2.75) is 85.9 Å². The maximum absolute atomic E-state index is 12.3. The van der Waals surface area contributed by atoms with Crippen LogP contribution in [-0.2, 0) is 0 Å². The van der Waals surface area contributed by atoms with Gasteiger partial charge in [0.15, 0.2) is 0 Å². The number of hydrogen-bond acceptors (Lipinski definition) is 3. The lowest BCUT2D eigenvalue weighted by atomic mass is 9.90. The van der Waals surface area contributed by atoms with Crippen molar-refractivity contribution >= 4 is 11.0 Å². The Morgan fingerprint density at radius 1 is 0.492 bits per heavy atom. The SMILES string of the molecule is [2H]C(C)(C)c1cc(-c2ccc(-n3c(-c4cc(C(C)C)cc(C(C)C)c4O)nc4c(-c5cc(-c6ccccc6)cc(-c6cc(-c7ccccc7)ccn6)c5)cccc43)c(C)c2)cc(C([2H])(C)C)c1. The second kappa shape index (κ2) is 17.9. The molecule has 0 atom stereocenters. The van der Waals surface area contributed by atoms with Crippen molar-refractivity contribution in [1.82, 2.24) is 14.5 Å². The zero-order valence-corrected chi connectivity index (χ0v) is 39.0. The molecular weight excluding hydrogens is 791 g/mol. The number of benzene rings is 7. The molecule has 2 heterocycles. The summed E-state index contributed by atoms with van der Waals surface area (Å²) in [5.74, 6) is -0.458. The molecule has 9 rings (SSSR count). The number of imidazole rings is 1. The fraction of sp³-hybridized carbons (Fsp3) is 0.213. The van der Waals surface area contributed by atoms with Gasteiger partial charge in [-0.15, -0.1) is 0 Å². The van der Waals surface area contributed by atoms with E-state index in [4.69, 9.17) is 12.7 Å². The Morgan fingerprint density at radius 2 is 1.11 bits per heavy atom. The number of phenolic OH excluding ortho intramolecular Hbond substituents is 1. The summed E-state index contributed by atoms with van der Waals surface area (Å²) in [7, 11) is 0. The topological polar surface area (TPSA) is 50.9 Å². The van der Waals surface area contributed by atoms with Crippen LogP contribution in [-0.4, -0.2) is 19.6 Å². The molecule has 9 aromatic rings. The van der Waals surface area contributed by atoms with Gasteiger partial charge in [0.2, 0.25) is 0 Å². The van der Waals surface area contributed by atoms with Crippen LogP contribution >= 0.6 is 0 Å². The molecule has 0 fully saturated rings. The van der Waals surface area contributed by atoms with Crippen molar-refractivity contribution in [3.63, 3.8) is 0 Å². The maximum Gasteiger partial charge on any atom is 0.149 e. The van der Waals surface area contributed by atoms with Crippen LogP contribution in [0.15, 0.2) is 164 Å². The van der Waals surface area contributed by atoms with E-state index in [1.54, 1.807) is 0 Å². The Kier molecular flexibility index (Phi) is 11.2. The van der Waals surface area contributed by atoms with E-state index in [1.165, 1.54) is 0 Å². The van der Waals surface area contributed by atoms with Gasteiger partial charge in [0.1, 0.15) is 11.6 Å². The quantitative estimate of drug-likeness (QED) is 0.141. The lowest BCUT2D eigenvalue weighted by Crippen LogP contribution is -2.03. The lowest BCUT2D eigenvalue weighted by Gasteiger charge is -2.19. The number of fused-ring (bicyclic) bond motifs is 1. The molecule has 0 bridgehead atoms. The minimum Gasteiger partial charge on any atom is -0.507 e. The van der Waals surface area contributed by atoms with Gasteiger partial charge in [-0.25, -0.2) is 4.98 Å². The highest BCUT2D eigenvalue weighted by molar-refractivity contribution is 5.98. The number of aromatic nitrogens is 3. The number of phenols is 1. The first-order valence-corrected chi connectivity index (χ1v) is 22.8. The summed E-state index contributed by atoms with van der Waals surface area (Å²) in [4.78, 5) is 10.5. The molecule has 1 N–H and O–H groups in total. The largest absolute Gasteiger partial charge is 0.507 e. The van der Waals surface area contributed by atoms with Crippen molar-refractivity contribution in [2.75, 3.05) is 0 Å². The van der Waals surface area contributed by atoms with Gasteiger partial charge < -0.3 is 5.11 Å². The standard InChI is InChI=1S/C61H59N3O/c1-37(2)46-28-47(38(3)4)30-50(29-46)44-23-24-57(41(9)27-44)64-58-22-16-21-53(59(58)63-61(64)55-35-48(39(5)6)34-54(40(7)8)60(55)65)51-31-49(43-19-14-11-15-20-43)32-52(33-51)56-36-45(25-26-62-56)42-17-12-10-13-18-42/h10-40,65H,1-9H3/i37D,38D. The summed E-state index contributed by atoms with van der Waals surface area (Å²) in [6.07, 6.45) is 1.89. The van der Waals surface area contributed by atoms with Gasteiger partial charge in [0, 0.05) is 20.1 Å². The van der Waals surface area contributed by atoms with E-state index in [9.17, 15) is 5.11 Å². The Balaban J connectivity index is 1.29. The van der Waals surface area contributed by atoms with Crippen LogP contribution in [0.4, 0.5) is 0 Å². The number of pyridine rings is 1. The highest BCUT2D eigenvalue weighted by Crippen LogP contribution is 2.44. The van der Waals surface area contributed by atoms with Gasteiger partial charge in [-0.1, -0.05) is 159 Å². The predicted molar refractivity (Wildman–Crippen MR) is 274 cm³/mol. The van der Waals surface area contributed by atoms with Crippen LogP contribution < -0.4 is 0 Å². The van der Waals surface area contributed by atoms with Gasteiger partial charge in [0.05, 0.1) is 28.0 Å². The molecule has 0 amide bonds. The third-order valence-corrected chi connectivity index (χ3v) is 12.7. The smallest absolute Gasteiger partial charge is 0.149 e. The second-order valence-electron chi connectivity index (χ2n) is 18.5. The van der Waals surface area contributed by atoms with Crippen LogP contribution in [0.3, 0.4) is 0 Å². The van der Waals surface area contributed by atoms with Crippen LogP contribution in [0.25, 0.3) is 83.9 Å². The van der Waals surface area contributed by atoms with Crippen molar-refractivity contribution in [1.29, 1.82) is 0 Å². The number of nitrogens with zero attached hydrogens (tertiary/aromatic N) is 3. The number of aromatic hydroxyl groups is 1. The monoisotopic (exact) mass is 851 g/mol. The first-order valence-electron chi connectivity index (χ1n) is 23.8. The Hall–Kier alpha value is -7.04. The number of rotatable bonds is 11. The van der Waals surface area contributed by atoms with E-state index in [2.05, 4.69) is 179 Å². The number of para-hydroxylation sites is 1. The molecule has 0 radical (unpaired) electrons. The maximum atomic E-state index is 12.3.